The third kappa shape index (κ3) is 4.94. The molecule has 23 heavy (non-hydrogen) atoms. The molecule has 4 nitrogen and oxygen atoms in total. The molecule has 2 N–H and O–H groups in total. The molecule has 0 fully saturated rings. The number of halogens is 1. The van der Waals surface area contributed by atoms with E-state index in [2.05, 4.69) is 15.8 Å². The molecule has 0 heterocycles. The molecule has 0 spiro atoms. The molecule has 0 saturated carbocycles. The fourth-order valence-corrected chi connectivity index (χ4v) is 2.25. The number of rotatable bonds is 4. The average molecular weight is 347 g/mol. The zero-order valence-electron chi connectivity index (χ0n) is 13.3. The molecule has 6 heteroatoms. The maximum absolute atomic E-state index is 6.08. The maximum Gasteiger partial charge on any atom is 0.191 e. The van der Waals surface area contributed by atoms with Crippen LogP contribution < -0.4 is 15.6 Å². The molecule has 0 aliphatic heterocycles. The van der Waals surface area contributed by atoms with Crippen LogP contribution in [0.3, 0.4) is 0 Å². The smallest absolute Gasteiger partial charge is 0.191 e. The number of nitrogens with zero attached hydrogens (tertiary/aromatic N) is 2. The minimum atomic E-state index is 0.413. The quantitative estimate of drug-likeness (QED) is 0.498. The molecule has 0 saturated heterocycles. The van der Waals surface area contributed by atoms with E-state index in [1.807, 2.05) is 68.4 Å². The summed E-state index contributed by atoms with van der Waals surface area (Å²) < 4.78 is 0. The average Bonchev–Trinajstić information content (AvgIpc) is 2.52. The van der Waals surface area contributed by atoms with E-state index in [-0.39, 0.29) is 0 Å². The number of hydrazone groups is 1. The van der Waals surface area contributed by atoms with Crippen molar-refractivity contribution in [2.45, 2.75) is 6.92 Å². The number of benzene rings is 2. The van der Waals surface area contributed by atoms with Crippen molar-refractivity contribution in [2.24, 2.45) is 5.10 Å². The Labute approximate surface area is 147 Å². The molecule has 0 amide bonds. The summed E-state index contributed by atoms with van der Waals surface area (Å²) in [6, 6.07) is 13.7. The van der Waals surface area contributed by atoms with E-state index < -0.39 is 0 Å². The van der Waals surface area contributed by atoms with Gasteiger partial charge in [0.2, 0.25) is 0 Å². The number of hydrogen-bond donors (Lipinski definition) is 2. The van der Waals surface area contributed by atoms with Crippen LogP contribution in [-0.4, -0.2) is 25.4 Å². The van der Waals surface area contributed by atoms with Gasteiger partial charge in [-0.3, -0.25) is 5.43 Å². The number of hydrogen-bond acceptors (Lipinski definition) is 3. The number of thiocarbonyl (C=S) groups is 1. The summed E-state index contributed by atoms with van der Waals surface area (Å²) in [7, 11) is 4.01. The molecule has 0 bridgehead atoms. The molecular formula is C17H19ClN4S. The van der Waals surface area contributed by atoms with Gasteiger partial charge in [0.1, 0.15) is 0 Å². The van der Waals surface area contributed by atoms with E-state index >= 15 is 0 Å². The summed E-state index contributed by atoms with van der Waals surface area (Å²) in [4.78, 5) is 2.05. The van der Waals surface area contributed by atoms with Crippen molar-refractivity contribution in [3.05, 3.63) is 58.6 Å². The number of nitrogens with one attached hydrogen (secondary N) is 2. The van der Waals surface area contributed by atoms with Crippen molar-refractivity contribution in [3.63, 3.8) is 0 Å². The van der Waals surface area contributed by atoms with E-state index in [4.69, 9.17) is 23.8 Å². The highest BCUT2D eigenvalue weighted by Gasteiger charge is 2.03. The Balaban J connectivity index is 1.92. The second kappa shape index (κ2) is 7.94. The Morgan fingerprint density at radius 3 is 2.52 bits per heavy atom. The minimum Gasteiger partial charge on any atom is -0.378 e. The Bertz CT molecular complexity index is 711. The van der Waals surface area contributed by atoms with E-state index in [9.17, 15) is 0 Å². The van der Waals surface area contributed by atoms with Crippen LogP contribution in [0.1, 0.15) is 11.1 Å². The summed E-state index contributed by atoms with van der Waals surface area (Å²) in [5.41, 5.74) is 6.74. The van der Waals surface area contributed by atoms with Crippen molar-refractivity contribution < 1.29 is 0 Å². The lowest BCUT2D eigenvalue weighted by atomic mass is 10.2. The molecular weight excluding hydrogens is 328 g/mol. The topological polar surface area (TPSA) is 39.7 Å². The highest BCUT2D eigenvalue weighted by atomic mass is 35.5. The van der Waals surface area contributed by atoms with Crippen molar-refractivity contribution >= 4 is 46.5 Å². The highest BCUT2D eigenvalue weighted by Crippen LogP contribution is 2.22. The molecule has 2 aromatic carbocycles. The van der Waals surface area contributed by atoms with Crippen LogP contribution in [0.15, 0.2) is 47.6 Å². The molecule has 2 aromatic rings. The first kappa shape index (κ1) is 17.2. The van der Waals surface area contributed by atoms with Crippen LogP contribution in [0.4, 0.5) is 11.4 Å². The van der Waals surface area contributed by atoms with Gasteiger partial charge in [0.05, 0.1) is 6.21 Å². The lowest BCUT2D eigenvalue weighted by Gasteiger charge is -2.12. The molecule has 0 aliphatic carbocycles. The Morgan fingerprint density at radius 1 is 1.17 bits per heavy atom. The van der Waals surface area contributed by atoms with Gasteiger partial charge in [-0.2, -0.15) is 5.10 Å². The molecule has 120 valence electrons. The third-order valence-corrected chi connectivity index (χ3v) is 3.91. The van der Waals surface area contributed by atoms with Crippen LogP contribution in [0.25, 0.3) is 0 Å². The van der Waals surface area contributed by atoms with Crippen molar-refractivity contribution in [1.29, 1.82) is 0 Å². The van der Waals surface area contributed by atoms with Gasteiger partial charge in [-0.1, -0.05) is 29.8 Å². The van der Waals surface area contributed by atoms with Gasteiger partial charge in [-0.05, 0) is 54.5 Å². The SMILES string of the molecule is Cc1c(Cl)cccc1NC(=S)N/N=C\c1ccc(N(C)C)cc1. The Hall–Kier alpha value is -2.11. The monoisotopic (exact) mass is 346 g/mol. The minimum absolute atomic E-state index is 0.413. The third-order valence-electron chi connectivity index (χ3n) is 3.31. The Morgan fingerprint density at radius 2 is 1.87 bits per heavy atom. The second-order valence-corrected chi connectivity index (χ2v) is 6.04. The molecule has 0 radical (unpaired) electrons. The predicted molar refractivity (Wildman–Crippen MR) is 104 cm³/mol. The fourth-order valence-electron chi connectivity index (χ4n) is 1.92. The predicted octanol–water partition coefficient (Wildman–Crippen LogP) is 4.03. The molecule has 2 rings (SSSR count). The first-order valence-corrected chi connectivity index (χ1v) is 7.88. The van der Waals surface area contributed by atoms with Crippen LogP contribution in [0.5, 0.6) is 0 Å². The summed E-state index contributed by atoms with van der Waals surface area (Å²) in [6.07, 6.45) is 1.72. The van der Waals surface area contributed by atoms with Crippen molar-refractivity contribution in [1.82, 2.24) is 5.43 Å². The van der Waals surface area contributed by atoms with Crippen LogP contribution in [0, 0.1) is 6.92 Å². The van der Waals surface area contributed by atoms with Gasteiger partial charge in [0.25, 0.3) is 0 Å². The van der Waals surface area contributed by atoms with Gasteiger partial charge < -0.3 is 10.2 Å². The zero-order chi connectivity index (χ0) is 16.8. The first-order valence-electron chi connectivity index (χ1n) is 7.10. The molecule has 0 unspecified atom stereocenters. The lowest BCUT2D eigenvalue weighted by Crippen LogP contribution is -2.24. The maximum atomic E-state index is 6.08. The summed E-state index contributed by atoms with van der Waals surface area (Å²) in [6.45, 7) is 1.93. The van der Waals surface area contributed by atoms with Gasteiger partial charge in [0.15, 0.2) is 5.11 Å². The van der Waals surface area contributed by atoms with Crippen molar-refractivity contribution in [2.75, 3.05) is 24.3 Å². The first-order chi connectivity index (χ1) is 11.0. The van der Waals surface area contributed by atoms with Gasteiger partial charge in [-0.15, -0.1) is 0 Å². The standard InChI is InChI=1S/C17H19ClN4S/c1-12-15(18)5-4-6-16(12)20-17(23)21-19-11-13-7-9-14(10-8-13)22(2)3/h4-11H,1-3H3,(H2,20,21,23)/b19-11-. The lowest BCUT2D eigenvalue weighted by molar-refractivity contribution is 1.05. The molecule has 0 aromatic heterocycles. The second-order valence-electron chi connectivity index (χ2n) is 5.22. The van der Waals surface area contributed by atoms with E-state index in [1.165, 1.54) is 0 Å². The highest BCUT2D eigenvalue weighted by molar-refractivity contribution is 7.80. The summed E-state index contributed by atoms with van der Waals surface area (Å²) >= 11 is 11.3. The number of anilines is 2. The summed E-state index contributed by atoms with van der Waals surface area (Å²) in [5, 5.41) is 8.33. The van der Waals surface area contributed by atoms with E-state index in [0.717, 1.165) is 22.5 Å². The molecule has 0 aliphatic rings. The summed E-state index contributed by atoms with van der Waals surface area (Å²) in [5.74, 6) is 0. The van der Waals surface area contributed by atoms with Gasteiger partial charge in [0, 0.05) is 30.5 Å². The van der Waals surface area contributed by atoms with Gasteiger partial charge in [-0.25, -0.2) is 0 Å². The largest absolute Gasteiger partial charge is 0.378 e. The van der Waals surface area contributed by atoms with Crippen molar-refractivity contribution in [3.8, 4) is 0 Å². The fraction of sp³-hybridized carbons (Fsp3) is 0.176. The normalized spacial score (nSPS) is 10.6. The van der Waals surface area contributed by atoms with Crippen LogP contribution in [0.2, 0.25) is 5.02 Å². The molecule has 0 atom stereocenters. The van der Waals surface area contributed by atoms with Crippen LogP contribution >= 0.6 is 23.8 Å². The Kier molecular flexibility index (Phi) is 5.96. The van der Waals surface area contributed by atoms with E-state index in [0.29, 0.717) is 10.1 Å². The van der Waals surface area contributed by atoms with E-state index in [1.54, 1.807) is 6.21 Å². The van der Waals surface area contributed by atoms with Crippen LogP contribution in [-0.2, 0) is 0 Å². The zero-order valence-corrected chi connectivity index (χ0v) is 14.9. The van der Waals surface area contributed by atoms with Gasteiger partial charge >= 0.3 is 0 Å².